The molecule has 0 heterocycles. The minimum atomic E-state index is -0.741. The summed E-state index contributed by atoms with van der Waals surface area (Å²) in [6.07, 6.45) is 5.63. The van der Waals surface area contributed by atoms with E-state index in [9.17, 15) is 9.59 Å². The van der Waals surface area contributed by atoms with E-state index in [1.807, 2.05) is 42.5 Å². The van der Waals surface area contributed by atoms with Crippen molar-refractivity contribution in [1.82, 2.24) is 10.2 Å². The second-order valence-electron chi connectivity index (χ2n) is 9.56. The van der Waals surface area contributed by atoms with Crippen molar-refractivity contribution in [2.75, 3.05) is 6.61 Å². The number of rotatable bonds is 10. The maximum atomic E-state index is 13.8. The lowest BCUT2D eigenvalue weighted by Gasteiger charge is -2.33. The van der Waals surface area contributed by atoms with Crippen LogP contribution in [0.4, 0.5) is 0 Å². The summed E-state index contributed by atoms with van der Waals surface area (Å²) >= 11 is 18.5. The van der Waals surface area contributed by atoms with Gasteiger partial charge in [-0.3, -0.25) is 9.59 Å². The SMILES string of the molecule is O=C(NC1CCCCC1)C(Cc1ccccc1)N(Cc1cccc(Cl)c1)C(=O)COc1ccc(Cl)cc1Cl. The second-order valence-corrected chi connectivity index (χ2v) is 10.8. The lowest BCUT2D eigenvalue weighted by molar-refractivity contribution is -0.143. The summed E-state index contributed by atoms with van der Waals surface area (Å²) in [5, 5.41) is 4.56. The van der Waals surface area contributed by atoms with Gasteiger partial charge in [0.25, 0.3) is 5.91 Å². The zero-order chi connectivity index (χ0) is 26.9. The van der Waals surface area contributed by atoms with Gasteiger partial charge in [0, 0.05) is 29.1 Å². The van der Waals surface area contributed by atoms with E-state index in [4.69, 9.17) is 39.5 Å². The van der Waals surface area contributed by atoms with Crippen molar-refractivity contribution in [2.24, 2.45) is 0 Å². The summed E-state index contributed by atoms with van der Waals surface area (Å²) in [5.74, 6) is -0.158. The first-order chi connectivity index (χ1) is 18.4. The first kappa shape index (κ1) is 28.3. The normalized spacial score (nSPS) is 14.5. The summed E-state index contributed by atoms with van der Waals surface area (Å²) in [4.78, 5) is 29.1. The number of carbonyl (C=O) groups excluding carboxylic acids is 2. The third-order valence-corrected chi connectivity index (χ3v) is 7.48. The molecule has 0 spiro atoms. The highest BCUT2D eigenvalue weighted by Crippen LogP contribution is 2.28. The van der Waals surface area contributed by atoms with Crippen LogP contribution in [-0.2, 0) is 22.6 Å². The highest BCUT2D eigenvalue weighted by atomic mass is 35.5. The van der Waals surface area contributed by atoms with Crippen LogP contribution in [0.3, 0.4) is 0 Å². The molecule has 5 nitrogen and oxygen atoms in total. The van der Waals surface area contributed by atoms with E-state index >= 15 is 0 Å². The van der Waals surface area contributed by atoms with Gasteiger partial charge in [-0.25, -0.2) is 0 Å². The van der Waals surface area contributed by atoms with Crippen LogP contribution in [-0.4, -0.2) is 35.4 Å². The van der Waals surface area contributed by atoms with Crippen LogP contribution in [0.25, 0.3) is 0 Å². The Morgan fingerprint density at radius 1 is 0.868 bits per heavy atom. The van der Waals surface area contributed by atoms with E-state index in [0.717, 1.165) is 36.8 Å². The van der Waals surface area contributed by atoms with Crippen molar-refractivity contribution < 1.29 is 14.3 Å². The van der Waals surface area contributed by atoms with Gasteiger partial charge in [-0.1, -0.05) is 96.5 Å². The summed E-state index contributed by atoms with van der Waals surface area (Å²) in [6, 6.07) is 21.2. The molecule has 1 aliphatic rings. The molecule has 1 saturated carbocycles. The molecule has 0 aliphatic heterocycles. The summed E-state index contributed by atoms with van der Waals surface area (Å²) in [7, 11) is 0. The molecule has 38 heavy (non-hydrogen) atoms. The van der Waals surface area contributed by atoms with Gasteiger partial charge >= 0.3 is 0 Å². The molecule has 3 aromatic rings. The Morgan fingerprint density at radius 3 is 2.29 bits per heavy atom. The predicted molar refractivity (Wildman–Crippen MR) is 153 cm³/mol. The highest BCUT2D eigenvalue weighted by molar-refractivity contribution is 6.35. The topological polar surface area (TPSA) is 58.6 Å². The van der Waals surface area contributed by atoms with Gasteiger partial charge < -0.3 is 15.0 Å². The lowest BCUT2D eigenvalue weighted by atomic mass is 9.94. The molecule has 1 unspecified atom stereocenters. The van der Waals surface area contributed by atoms with Crippen molar-refractivity contribution in [2.45, 2.75) is 57.2 Å². The second kappa shape index (κ2) is 13.9. The zero-order valence-corrected chi connectivity index (χ0v) is 23.3. The van der Waals surface area contributed by atoms with E-state index < -0.39 is 6.04 Å². The first-order valence-corrected chi connectivity index (χ1v) is 14.0. The van der Waals surface area contributed by atoms with E-state index in [0.29, 0.717) is 27.2 Å². The number of amides is 2. The van der Waals surface area contributed by atoms with Crippen LogP contribution >= 0.6 is 34.8 Å². The van der Waals surface area contributed by atoms with Gasteiger partial charge in [0.15, 0.2) is 6.61 Å². The lowest BCUT2D eigenvalue weighted by Crippen LogP contribution is -2.53. The molecule has 200 valence electrons. The van der Waals surface area contributed by atoms with Gasteiger partial charge in [0.05, 0.1) is 5.02 Å². The monoisotopic (exact) mass is 572 g/mol. The van der Waals surface area contributed by atoms with Crippen molar-refractivity contribution in [1.29, 1.82) is 0 Å². The van der Waals surface area contributed by atoms with E-state index in [1.54, 1.807) is 35.2 Å². The van der Waals surface area contributed by atoms with Crippen LogP contribution in [0.5, 0.6) is 5.75 Å². The molecule has 1 atom stereocenters. The number of nitrogens with one attached hydrogen (secondary N) is 1. The molecule has 0 aromatic heterocycles. The number of nitrogens with zero attached hydrogens (tertiary/aromatic N) is 1. The maximum absolute atomic E-state index is 13.8. The van der Waals surface area contributed by atoms with Crippen molar-refractivity contribution in [3.8, 4) is 5.75 Å². The molecule has 1 N–H and O–H groups in total. The van der Waals surface area contributed by atoms with E-state index in [-0.39, 0.29) is 31.0 Å². The van der Waals surface area contributed by atoms with Gasteiger partial charge in [-0.2, -0.15) is 0 Å². The number of ether oxygens (including phenoxy) is 1. The van der Waals surface area contributed by atoms with Crippen molar-refractivity contribution in [3.05, 3.63) is 99.0 Å². The molecule has 1 aliphatic carbocycles. The Morgan fingerprint density at radius 2 is 1.58 bits per heavy atom. The smallest absolute Gasteiger partial charge is 0.261 e. The average Bonchev–Trinajstić information content (AvgIpc) is 2.91. The number of hydrogen-bond acceptors (Lipinski definition) is 3. The standard InChI is InChI=1S/C30H31Cl3N2O3/c31-23-11-7-10-22(16-23)19-35(29(36)20-38-28-15-14-24(32)18-26(28)33)27(17-21-8-3-1-4-9-21)30(37)34-25-12-5-2-6-13-25/h1,3-4,7-11,14-16,18,25,27H,2,5-6,12-13,17,19-20H2,(H,34,37). The third-order valence-electron chi connectivity index (χ3n) is 6.71. The minimum Gasteiger partial charge on any atom is -0.482 e. The Balaban J connectivity index is 1.62. The Bertz CT molecular complexity index is 1230. The van der Waals surface area contributed by atoms with Gasteiger partial charge in [0.2, 0.25) is 5.91 Å². The summed E-state index contributed by atoms with van der Waals surface area (Å²) in [5.41, 5.74) is 1.78. The van der Waals surface area contributed by atoms with Gasteiger partial charge in [-0.05, 0) is 54.3 Å². The maximum Gasteiger partial charge on any atom is 0.261 e. The van der Waals surface area contributed by atoms with Crippen LogP contribution in [0.1, 0.15) is 43.2 Å². The molecule has 3 aromatic carbocycles. The van der Waals surface area contributed by atoms with Crippen LogP contribution in [0, 0.1) is 0 Å². The molecule has 0 radical (unpaired) electrons. The van der Waals surface area contributed by atoms with Crippen LogP contribution < -0.4 is 10.1 Å². The number of hydrogen-bond donors (Lipinski definition) is 1. The molecule has 2 amide bonds. The Labute approximate surface area is 239 Å². The van der Waals surface area contributed by atoms with Crippen LogP contribution in [0.2, 0.25) is 15.1 Å². The van der Waals surface area contributed by atoms with Gasteiger partial charge in [-0.15, -0.1) is 0 Å². The Hall–Kier alpha value is -2.73. The van der Waals surface area contributed by atoms with Crippen molar-refractivity contribution in [3.63, 3.8) is 0 Å². The quantitative estimate of drug-likeness (QED) is 0.281. The zero-order valence-electron chi connectivity index (χ0n) is 21.0. The molecule has 4 rings (SSSR count). The fourth-order valence-corrected chi connectivity index (χ4v) is 5.42. The molecular weight excluding hydrogens is 543 g/mol. The third kappa shape index (κ3) is 8.13. The fraction of sp³-hybridized carbons (Fsp3) is 0.333. The highest BCUT2D eigenvalue weighted by Gasteiger charge is 2.32. The summed E-state index contributed by atoms with van der Waals surface area (Å²) < 4.78 is 5.79. The molecule has 0 bridgehead atoms. The van der Waals surface area contributed by atoms with Crippen LogP contribution in [0.15, 0.2) is 72.8 Å². The average molecular weight is 574 g/mol. The Kier molecular flexibility index (Phi) is 10.3. The van der Waals surface area contributed by atoms with Gasteiger partial charge in [0.1, 0.15) is 11.8 Å². The van der Waals surface area contributed by atoms with E-state index in [2.05, 4.69) is 5.32 Å². The van der Waals surface area contributed by atoms with Crippen molar-refractivity contribution >= 4 is 46.6 Å². The number of carbonyl (C=O) groups is 2. The molecule has 1 fully saturated rings. The summed E-state index contributed by atoms with van der Waals surface area (Å²) in [6.45, 7) is -0.0867. The minimum absolute atomic E-state index is 0.113. The fourth-order valence-electron chi connectivity index (χ4n) is 4.74. The molecular formula is C30H31Cl3N2O3. The van der Waals surface area contributed by atoms with E-state index in [1.165, 1.54) is 6.42 Å². The number of halogens is 3. The largest absolute Gasteiger partial charge is 0.482 e. The number of benzene rings is 3. The predicted octanol–water partition coefficient (Wildman–Crippen LogP) is 7.11. The molecule has 8 heteroatoms. The molecule has 0 saturated heterocycles. The first-order valence-electron chi connectivity index (χ1n) is 12.8.